The number of fused-ring (bicyclic) bond motifs is 1. The van der Waals surface area contributed by atoms with E-state index in [1.54, 1.807) is 25.4 Å². The Balaban J connectivity index is 2.27. The Morgan fingerprint density at radius 2 is 1.95 bits per heavy atom. The molecule has 0 aromatic carbocycles. The summed E-state index contributed by atoms with van der Waals surface area (Å²) in [6.07, 6.45) is 4.54. The van der Waals surface area contributed by atoms with E-state index >= 15 is 0 Å². The van der Waals surface area contributed by atoms with Gasteiger partial charge in [0.1, 0.15) is 15.0 Å². The maximum atomic E-state index is 11.5. The number of pyridine rings is 2. The molecule has 0 saturated carbocycles. The number of ether oxygens (including phenoxy) is 1. The van der Waals surface area contributed by atoms with Gasteiger partial charge in [-0.05, 0) is 35.8 Å². The minimum Gasteiger partial charge on any atom is -0.474 e. The lowest BCUT2D eigenvalue weighted by atomic mass is 10.2. The third kappa shape index (κ3) is 4.08. The van der Waals surface area contributed by atoms with E-state index in [0.29, 0.717) is 17.5 Å². The van der Waals surface area contributed by atoms with Crippen LogP contribution < -0.4 is 4.74 Å². The van der Waals surface area contributed by atoms with Gasteiger partial charge in [0.2, 0.25) is 5.88 Å². The molecule has 0 radical (unpaired) electrons. The molecular formula is C14H16BrClN2O3S. The van der Waals surface area contributed by atoms with Crippen molar-refractivity contribution in [1.82, 2.24) is 9.97 Å². The zero-order valence-corrected chi connectivity index (χ0v) is 15.5. The Hall–Kier alpha value is -0.920. The predicted octanol–water partition coefficient (Wildman–Crippen LogP) is 3.64. The van der Waals surface area contributed by atoms with Crippen LogP contribution in [0.25, 0.3) is 10.8 Å². The van der Waals surface area contributed by atoms with Crippen LogP contribution in [0, 0.1) is 0 Å². The van der Waals surface area contributed by atoms with Gasteiger partial charge in [-0.25, -0.2) is 18.4 Å². The third-order valence-corrected chi connectivity index (χ3v) is 5.85. The fourth-order valence-electron chi connectivity index (χ4n) is 2.03. The van der Waals surface area contributed by atoms with Gasteiger partial charge >= 0.3 is 0 Å². The number of sulfone groups is 1. The van der Waals surface area contributed by atoms with E-state index in [4.69, 9.17) is 16.3 Å². The average Bonchev–Trinajstić information content (AvgIpc) is 2.41. The highest BCUT2D eigenvalue weighted by molar-refractivity contribution is 9.10. The standard InChI is InChI=1S/C14H16BrClN2O3S/c1-8(4-9(2)22(3,19)20)21-14-11-6-17-13(16)5-10(11)12(15)7-18-14/h5-9H,4H2,1-3H3/t8-,9-/m1/s1. The maximum Gasteiger partial charge on any atom is 0.223 e. The van der Waals surface area contributed by atoms with Crippen molar-refractivity contribution in [3.8, 4) is 5.88 Å². The fourth-order valence-corrected chi connectivity index (χ4v) is 3.24. The molecule has 2 aromatic heterocycles. The molecule has 2 rings (SSSR count). The Labute approximate surface area is 143 Å². The van der Waals surface area contributed by atoms with Gasteiger partial charge in [-0.15, -0.1) is 0 Å². The van der Waals surface area contributed by atoms with Crippen molar-refractivity contribution in [2.75, 3.05) is 6.26 Å². The molecule has 0 spiro atoms. The van der Waals surface area contributed by atoms with Gasteiger partial charge in [0.05, 0.1) is 16.7 Å². The maximum absolute atomic E-state index is 11.5. The molecule has 0 unspecified atom stereocenters. The van der Waals surface area contributed by atoms with Crippen LogP contribution in [0.4, 0.5) is 0 Å². The highest BCUT2D eigenvalue weighted by Crippen LogP contribution is 2.31. The van der Waals surface area contributed by atoms with Crippen molar-refractivity contribution in [3.05, 3.63) is 28.1 Å². The van der Waals surface area contributed by atoms with Gasteiger partial charge in [0.25, 0.3) is 0 Å². The summed E-state index contributed by atoms with van der Waals surface area (Å²) < 4.78 is 29.6. The molecule has 2 aromatic rings. The molecular weight excluding hydrogens is 392 g/mol. The first-order valence-electron chi connectivity index (χ1n) is 6.63. The van der Waals surface area contributed by atoms with Gasteiger partial charge in [0, 0.05) is 34.9 Å². The Morgan fingerprint density at radius 1 is 1.27 bits per heavy atom. The van der Waals surface area contributed by atoms with E-state index in [2.05, 4.69) is 25.9 Å². The summed E-state index contributed by atoms with van der Waals surface area (Å²) >= 11 is 9.32. The van der Waals surface area contributed by atoms with E-state index in [-0.39, 0.29) is 6.10 Å². The summed E-state index contributed by atoms with van der Waals surface area (Å²) in [7, 11) is -3.08. The lowest BCUT2D eigenvalue weighted by Crippen LogP contribution is -2.24. The molecule has 8 heteroatoms. The topological polar surface area (TPSA) is 69.2 Å². The van der Waals surface area contributed by atoms with Crippen LogP contribution in [0.5, 0.6) is 5.88 Å². The molecule has 0 aliphatic heterocycles. The zero-order valence-electron chi connectivity index (χ0n) is 12.4. The number of hydrogen-bond acceptors (Lipinski definition) is 5. The molecule has 2 heterocycles. The fraction of sp³-hybridized carbons (Fsp3) is 0.429. The molecule has 0 N–H and O–H groups in total. The molecule has 22 heavy (non-hydrogen) atoms. The molecule has 0 saturated heterocycles. The van der Waals surface area contributed by atoms with Crippen molar-refractivity contribution in [2.45, 2.75) is 31.6 Å². The first kappa shape index (κ1) is 17.4. The Bertz CT molecular complexity index is 798. The van der Waals surface area contributed by atoms with E-state index in [1.807, 2.05) is 6.92 Å². The molecule has 5 nitrogen and oxygen atoms in total. The number of nitrogens with zero attached hydrogens (tertiary/aromatic N) is 2. The normalized spacial score (nSPS) is 14.8. The molecule has 0 bridgehead atoms. The SMILES string of the molecule is C[C@H](C[C@@H](C)S(C)(=O)=O)Oc1ncc(Br)c2cc(Cl)ncc12. The number of halogens is 2. The van der Waals surface area contributed by atoms with Crippen LogP contribution >= 0.6 is 27.5 Å². The first-order valence-corrected chi connectivity index (χ1v) is 9.76. The van der Waals surface area contributed by atoms with Crippen molar-refractivity contribution >= 4 is 48.1 Å². The van der Waals surface area contributed by atoms with Gasteiger partial charge in [-0.1, -0.05) is 11.6 Å². The van der Waals surface area contributed by atoms with Crippen LogP contribution in [-0.2, 0) is 9.84 Å². The molecule has 0 aliphatic rings. The number of aromatic nitrogens is 2. The first-order chi connectivity index (χ1) is 10.2. The average molecular weight is 408 g/mol. The lowest BCUT2D eigenvalue weighted by Gasteiger charge is -2.18. The second-order valence-corrected chi connectivity index (χ2v) is 8.97. The summed E-state index contributed by atoms with van der Waals surface area (Å²) in [6, 6.07) is 1.72. The summed E-state index contributed by atoms with van der Waals surface area (Å²) in [5, 5.41) is 1.46. The monoisotopic (exact) mass is 406 g/mol. The van der Waals surface area contributed by atoms with Gasteiger partial charge < -0.3 is 4.74 Å². The quantitative estimate of drug-likeness (QED) is 0.708. The second-order valence-electron chi connectivity index (χ2n) is 5.27. The minimum atomic E-state index is -3.08. The molecule has 2 atom stereocenters. The van der Waals surface area contributed by atoms with E-state index in [0.717, 1.165) is 15.2 Å². The van der Waals surface area contributed by atoms with Crippen molar-refractivity contribution in [1.29, 1.82) is 0 Å². The lowest BCUT2D eigenvalue weighted by molar-refractivity contribution is 0.205. The van der Waals surface area contributed by atoms with E-state index in [9.17, 15) is 8.42 Å². The van der Waals surface area contributed by atoms with Crippen LogP contribution in [-0.4, -0.2) is 36.0 Å². The summed E-state index contributed by atoms with van der Waals surface area (Å²) in [6.45, 7) is 3.49. The summed E-state index contributed by atoms with van der Waals surface area (Å²) in [5.74, 6) is 0.413. The number of hydrogen-bond donors (Lipinski definition) is 0. The second kappa shape index (κ2) is 6.68. The highest BCUT2D eigenvalue weighted by Gasteiger charge is 2.20. The van der Waals surface area contributed by atoms with Crippen LogP contribution in [0.15, 0.2) is 22.9 Å². The Morgan fingerprint density at radius 3 is 2.59 bits per heavy atom. The summed E-state index contributed by atoms with van der Waals surface area (Å²) in [4.78, 5) is 8.29. The third-order valence-electron chi connectivity index (χ3n) is 3.36. The number of rotatable bonds is 5. The van der Waals surface area contributed by atoms with Crippen molar-refractivity contribution in [3.63, 3.8) is 0 Å². The van der Waals surface area contributed by atoms with Crippen molar-refractivity contribution < 1.29 is 13.2 Å². The van der Waals surface area contributed by atoms with Gasteiger partial charge in [0.15, 0.2) is 0 Å². The largest absolute Gasteiger partial charge is 0.474 e. The van der Waals surface area contributed by atoms with E-state index < -0.39 is 15.1 Å². The summed E-state index contributed by atoms with van der Waals surface area (Å²) in [5.41, 5.74) is 0. The van der Waals surface area contributed by atoms with Crippen LogP contribution in [0.1, 0.15) is 20.3 Å². The molecule has 120 valence electrons. The molecule has 0 fully saturated rings. The zero-order chi connectivity index (χ0) is 16.5. The Kier molecular flexibility index (Phi) is 5.29. The van der Waals surface area contributed by atoms with Crippen molar-refractivity contribution in [2.24, 2.45) is 0 Å². The minimum absolute atomic E-state index is 0.294. The van der Waals surface area contributed by atoms with Crippen LogP contribution in [0.3, 0.4) is 0 Å². The molecule has 0 amide bonds. The highest BCUT2D eigenvalue weighted by atomic mass is 79.9. The van der Waals surface area contributed by atoms with Crippen LogP contribution in [0.2, 0.25) is 5.15 Å². The predicted molar refractivity (Wildman–Crippen MR) is 91.3 cm³/mol. The van der Waals surface area contributed by atoms with Gasteiger partial charge in [-0.3, -0.25) is 0 Å². The van der Waals surface area contributed by atoms with E-state index in [1.165, 1.54) is 6.26 Å². The van der Waals surface area contributed by atoms with Gasteiger partial charge in [-0.2, -0.15) is 0 Å². The smallest absolute Gasteiger partial charge is 0.223 e. The molecule has 0 aliphatic carbocycles.